The zero-order chi connectivity index (χ0) is 11.6. The van der Waals surface area contributed by atoms with Crippen molar-refractivity contribution < 1.29 is 0 Å². The van der Waals surface area contributed by atoms with Gasteiger partial charge >= 0.3 is 0 Å². The van der Waals surface area contributed by atoms with Crippen LogP contribution >= 0.6 is 0 Å². The molecule has 4 aliphatic rings. The van der Waals surface area contributed by atoms with Gasteiger partial charge in [-0.3, -0.25) is 4.99 Å². The van der Waals surface area contributed by atoms with E-state index in [1.54, 1.807) is 0 Å². The van der Waals surface area contributed by atoms with E-state index >= 15 is 0 Å². The van der Waals surface area contributed by atoms with Crippen molar-refractivity contribution >= 4 is 5.84 Å². The van der Waals surface area contributed by atoms with Crippen LogP contribution < -0.4 is 5.73 Å². The lowest BCUT2D eigenvalue weighted by atomic mass is 9.40. The molecule has 4 fully saturated rings. The van der Waals surface area contributed by atoms with Gasteiger partial charge in [-0.25, -0.2) is 0 Å². The second kappa shape index (κ2) is 2.83. The Labute approximate surface area is 98.7 Å². The summed E-state index contributed by atoms with van der Waals surface area (Å²) in [5, 5.41) is 0. The molecule has 0 amide bonds. The second-order valence-corrected chi connectivity index (χ2v) is 7.52. The van der Waals surface area contributed by atoms with Gasteiger partial charge in [0.25, 0.3) is 0 Å². The zero-order valence-corrected chi connectivity index (χ0v) is 10.8. The first kappa shape index (κ1) is 10.6. The maximum Gasteiger partial charge on any atom is 0.0996 e. The van der Waals surface area contributed by atoms with Crippen LogP contribution in [0.2, 0.25) is 0 Å². The van der Waals surface area contributed by atoms with Gasteiger partial charge in [-0.05, 0) is 55.3 Å². The van der Waals surface area contributed by atoms with Crippen LogP contribution in [0.5, 0.6) is 0 Å². The summed E-state index contributed by atoms with van der Waals surface area (Å²) in [7, 11) is 1.86. The summed E-state index contributed by atoms with van der Waals surface area (Å²) in [4.78, 5) is 4.34. The van der Waals surface area contributed by atoms with Crippen LogP contribution in [0.4, 0.5) is 0 Å². The predicted octanol–water partition coefficient (Wildman–Crippen LogP) is 2.97. The molecule has 0 spiro atoms. The minimum absolute atomic E-state index is 0.262. The Kier molecular flexibility index (Phi) is 1.88. The Morgan fingerprint density at radius 1 is 1.06 bits per heavy atom. The van der Waals surface area contributed by atoms with Gasteiger partial charge in [-0.2, -0.15) is 0 Å². The summed E-state index contributed by atoms with van der Waals surface area (Å²) in [5.74, 6) is 1.85. The lowest BCUT2D eigenvalue weighted by Gasteiger charge is -2.65. The highest BCUT2D eigenvalue weighted by molar-refractivity contribution is 5.87. The number of amidine groups is 1. The fourth-order valence-electron chi connectivity index (χ4n) is 5.97. The molecule has 4 rings (SSSR count). The number of nitrogens with zero attached hydrogens (tertiary/aromatic N) is 1. The second-order valence-electron chi connectivity index (χ2n) is 7.52. The maximum absolute atomic E-state index is 6.24. The average Bonchev–Trinajstić information content (AvgIpc) is 2.10. The van der Waals surface area contributed by atoms with Gasteiger partial charge in [0, 0.05) is 12.5 Å². The summed E-state index contributed by atoms with van der Waals surface area (Å²) in [6, 6.07) is 0. The summed E-state index contributed by atoms with van der Waals surface area (Å²) in [6.07, 6.45) is 8.16. The van der Waals surface area contributed by atoms with Crippen LogP contribution in [0, 0.1) is 22.2 Å². The standard InChI is InChI=1S/C14H24N2/c1-12-4-10-5-13(2,7-12)9-14(6-10,8-12)11(15)16-3/h10H,4-9H2,1-3H3,(H2,15,16). The van der Waals surface area contributed by atoms with Crippen molar-refractivity contribution in [2.24, 2.45) is 32.9 Å². The van der Waals surface area contributed by atoms with Gasteiger partial charge in [-0.15, -0.1) is 0 Å². The van der Waals surface area contributed by atoms with E-state index in [0.29, 0.717) is 10.8 Å². The van der Waals surface area contributed by atoms with Crippen molar-refractivity contribution in [3.05, 3.63) is 0 Å². The molecule has 0 radical (unpaired) electrons. The topological polar surface area (TPSA) is 38.4 Å². The lowest BCUT2D eigenvalue weighted by molar-refractivity contribution is -0.116. The van der Waals surface area contributed by atoms with E-state index in [1.165, 1.54) is 38.5 Å². The van der Waals surface area contributed by atoms with E-state index in [1.807, 2.05) is 7.05 Å². The lowest BCUT2D eigenvalue weighted by Crippen LogP contribution is -2.59. The molecule has 2 atom stereocenters. The van der Waals surface area contributed by atoms with Gasteiger partial charge < -0.3 is 5.73 Å². The minimum Gasteiger partial charge on any atom is -0.387 e. The molecule has 2 nitrogen and oxygen atoms in total. The molecule has 0 aliphatic heterocycles. The zero-order valence-electron chi connectivity index (χ0n) is 10.8. The van der Waals surface area contributed by atoms with E-state index in [0.717, 1.165) is 11.8 Å². The summed E-state index contributed by atoms with van der Waals surface area (Å²) >= 11 is 0. The molecule has 0 aromatic carbocycles. The minimum atomic E-state index is 0.262. The Hall–Kier alpha value is -0.530. The number of rotatable bonds is 1. The molecule has 0 saturated heterocycles. The first-order chi connectivity index (χ1) is 7.39. The highest BCUT2D eigenvalue weighted by Gasteiger charge is 2.61. The Bertz CT molecular complexity index is 340. The van der Waals surface area contributed by atoms with E-state index < -0.39 is 0 Å². The van der Waals surface area contributed by atoms with Crippen LogP contribution in [0.25, 0.3) is 0 Å². The first-order valence-electron chi connectivity index (χ1n) is 6.62. The molecule has 90 valence electrons. The van der Waals surface area contributed by atoms with Gasteiger partial charge in [0.15, 0.2) is 0 Å². The maximum atomic E-state index is 6.24. The van der Waals surface area contributed by atoms with Crippen molar-refractivity contribution in [1.82, 2.24) is 0 Å². The van der Waals surface area contributed by atoms with Crippen LogP contribution in [-0.2, 0) is 0 Å². The molecule has 0 aromatic rings. The van der Waals surface area contributed by atoms with Crippen molar-refractivity contribution in [3.8, 4) is 0 Å². The van der Waals surface area contributed by atoms with Crippen LogP contribution in [0.1, 0.15) is 52.4 Å². The van der Waals surface area contributed by atoms with Crippen molar-refractivity contribution in [2.45, 2.75) is 52.4 Å². The quantitative estimate of drug-likeness (QED) is 0.535. The Morgan fingerprint density at radius 2 is 1.62 bits per heavy atom. The summed E-state index contributed by atoms with van der Waals surface area (Å²) in [6.45, 7) is 4.96. The van der Waals surface area contributed by atoms with Crippen LogP contribution in [-0.4, -0.2) is 12.9 Å². The molecule has 2 unspecified atom stereocenters. The van der Waals surface area contributed by atoms with Gasteiger partial charge in [0.05, 0.1) is 5.84 Å². The molecule has 16 heavy (non-hydrogen) atoms. The molecule has 4 bridgehead atoms. The fraction of sp³-hybridized carbons (Fsp3) is 0.929. The number of hydrogen-bond donors (Lipinski definition) is 1. The number of aliphatic imine (C=N–C) groups is 1. The number of nitrogens with two attached hydrogens (primary N) is 1. The third kappa shape index (κ3) is 1.28. The van der Waals surface area contributed by atoms with Gasteiger partial charge in [0.1, 0.15) is 0 Å². The van der Waals surface area contributed by atoms with Crippen LogP contribution in [0.3, 0.4) is 0 Å². The molecule has 0 heterocycles. The molecule has 2 heteroatoms. The molecule has 4 aliphatic carbocycles. The SMILES string of the molecule is CN=C(N)C12CC3CC(C)(CC(C)(C3)C1)C2. The normalized spacial score (nSPS) is 55.7. The molecular formula is C14H24N2. The highest BCUT2D eigenvalue weighted by atomic mass is 14.9. The highest BCUT2D eigenvalue weighted by Crippen LogP contribution is 2.69. The Balaban J connectivity index is 2.05. The van der Waals surface area contributed by atoms with E-state index in [4.69, 9.17) is 5.73 Å². The third-order valence-corrected chi connectivity index (χ3v) is 5.41. The fourth-order valence-corrected chi connectivity index (χ4v) is 5.97. The monoisotopic (exact) mass is 220 g/mol. The average molecular weight is 220 g/mol. The smallest absolute Gasteiger partial charge is 0.0996 e. The molecule has 2 N–H and O–H groups in total. The number of hydrogen-bond acceptors (Lipinski definition) is 1. The van der Waals surface area contributed by atoms with Gasteiger partial charge in [-0.1, -0.05) is 13.8 Å². The Morgan fingerprint density at radius 3 is 2.06 bits per heavy atom. The van der Waals surface area contributed by atoms with E-state index in [9.17, 15) is 0 Å². The van der Waals surface area contributed by atoms with Crippen LogP contribution in [0.15, 0.2) is 4.99 Å². The van der Waals surface area contributed by atoms with Gasteiger partial charge in [0.2, 0.25) is 0 Å². The molecule has 4 saturated carbocycles. The first-order valence-corrected chi connectivity index (χ1v) is 6.62. The van der Waals surface area contributed by atoms with E-state index in [-0.39, 0.29) is 5.41 Å². The van der Waals surface area contributed by atoms with Crippen molar-refractivity contribution in [1.29, 1.82) is 0 Å². The van der Waals surface area contributed by atoms with E-state index in [2.05, 4.69) is 18.8 Å². The predicted molar refractivity (Wildman–Crippen MR) is 67.4 cm³/mol. The third-order valence-electron chi connectivity index (χ3n) is 5.41. The summed E-state index contributed by atoms with van der Waals surface area (Å²) in [5.41, 5.74) is 7.59. The summed E-state index contributed by atoms with van der Waals surface area (Å²) < 4.78 is 0. The molecule has 0 aromatic heterocycles. The largest absolute Gasteiger partial charge is 0.387 e. The van der Waals surface area contributed by atoms with Crippen molar-refractivity contribution in [3.63, 3.8) is 0 Å². The molecular weight excluding hydrogens is 196 g/mol. The van der Waals surface area contributed by atoms with Crippen molar-refractivity contribution in [2.75, 3.05) is 7.05 Å².